The number of ether oxygens (including phenoxy) is 1. The number of esters is 1. The van der Waals surface area contributed by atoms with Gasteiger partial charge < -0.3 is 14.6 Å². The molecule has 0 spiro atoms. The van der Waals surface area contributed by atoms with Gasteiger partial charge in [-0.15, -0.1) is 11.3 Å². The number of nitrogens with one attached hydrogen (secondary N) is 1. The number of H-pyrrole nitrogens is 1. The lowest BCUT2D eigenvalue weighted by Crippen LogP contribution is -2.17. The van der Waals surface area contributed by atoms with Crippen LogP contribution in [0.4, 0.5) is 5.69 Å². The third kappa shape index (κ3) is 3.35. The van der Waals surface area contributed by atoms with E-state index in [2.05, 4.69) is 9.97 Å². The maximum atomic E-state index is 12.4. The monoisotopic (exact) mass is 371 g/mol. The van der Waals surface area contributed by atoms with Crippen molar-refractivity contribution in [1.29, 1.82) is 0 Å². The van der Waals surface area contributed by atoms with Crippen molar-refractivity contribution in [3.63, 3.8) is 0 Å². The Bertz CT molecular complexity index is 1020. The van der Waals surface area contributed by atoms with Crippen LogP contribution in [0.1, 0.15) is 39.7 Å². The molecule has 6 nitrogen and oxygen atoms in total. The average Bonchev–Trinajstić information content (AvgIpc) is 2.89. The molecule has 0 saturated heterocycles. The van der Waals surface area contributed by atoms with E-state index in [9.17, 15) is 9.59 Å². The van der Waals surface area contributed by atoms with Crippen LogP contribution in [-0.2, 0) is 4.74 Å². The van der Waals surface area contributed by atoms with Gasteiger partial charge in [0, 0.05) is 24.7 Å². The molecule has 2 aromatic heterocycles. The molecule has 26 heavy (non-hydrogen) atoms. The van der Waals surface area contributed by atoms with Crippen LogP contribution in [0.3, 0.4) is 0 Å². The first kappa shape index (κ1) is 18.1. The predicted octanol–water partition coefficient (Wildman–Crippen LogP) is 3.59. The fourth-order valence-electron chi connectivity index (χ4n) is 2.64. The fraction of sp³-hybridized carbons (Fsp3) is 0.316. The lowest BCUT2D eigenvalue weighted by Gasteiger charge is -2.14. The van der Waals surface area contributed by atoms with Gasteiger partial charge in [-0.05, 0) is 50.6 Å². The van der Waals surface area contributed by atoms with Gasteiger partial charge >= 0.3 is 5.97 Å². The Morgan fingerprint density at radius 1 is 1.23 bits per heavy atom. The summed E-state index contributed by atoms with van der Waals surface area (Å²) in [4.78, 5) is 35.6. The molecule has 0 unspecified atom stereocenters. The van der Waals surface area contributed by atoms with Crippen LogP contribution in [0, 0.1) is 13.8 Å². The largest absolute Gasteiger partial charge is 0.451 e. The summed E-state index contributed by atoms with van der Waals surface area (Å²) in [6.45, 7) is 5.57. The smallest absolute Gasteiger partial charge is 0.338 e. The molecular formula is C19H21N3O3S. The Morgan fingerprint density at radius 2 is 1.88 bits per heavy atom. The van der Waals surface area contributed by atoms with E-state index in [4.69, 9.17) is 4.74 Å². The highest BCUT2D eigenvalue weighted by molar-refractivity contribution is 7.18. The molecule has 3 aromatic rings. The molecule has 2 heterocycles. The Labute approximate surface area is 155 Å². The van der Waals surface area contributed by atoms with Gasteiger partial charge in [-0.3, -0.25) is 4.79 Å². The van der Waals surface area contributed by atoms with E-state index in [1.807, 2.05) is 45.0 Å². The molecule has 1 aromatic carbocycles. The number of hydrogen-bond acceptors (Lipinski definition) is 6. The number of hydrogen-bond donors (Lipinski definition) is 1. The second-order valence-corrected chi connectivity index (χ2v) is 7.61. The van der Waals surface area contributed by atoms with Gasteiger partial charge in [0.25, 0.3) is 5.56 Å². The summed E-state index contributed by atoms with van der Waals surface area (Å²) in [5.41, 5.74) is 2.18. The first-order chi connectivity index (χ1) is 12.3. The first-order valence-corrected chi connectivity index (χ1v) is 9.08. The molecule has 0 aliphatic carbocycles. The fourth-order valence-corrected chi connectivity index (χ4v) is 3.68. The van der Waals surface area contributed by atoms with Crippen LogP contribution >= 0.6 is 11.3 Å². The summed E-state index contributed by atoms with van der Waals surface area (Å²) in [7, 11) is 3.86. The quantitative estimate of drug-likeness (QED) is 0.710. The van der Waals surface area contributed by atoms with Crippen molar-refractivity contribution in [2.45, 2.75) is 26.9 Å². The second-order valence-electron chi connectivity index (χ2n) is 6.40. The third-order valence-electron chi connectivity index (χ3n) is 4.35. The standard InChI is InChI=1S/C19H21N3O3S/c1-10-12(3)26-18-15(10)17(23)20-16(21-18)11(2)25-19(24)13-6-8-14(9-7-13)22(4)5/h6-9,11H,1-5H3,(H,20,21,23)/t11-/m1/s1. The normalized spacial score (nSPS) is 12.2. The van der Waals surface area contributed by atoms with Crippen molar-refractivity contribution < 1.29 is 9.53 Å². The number of carbonyl (C=O) groups excluding carboxylic acids is 1. The summed E-state index contributed by atoms with van der Waals surface area (Å²) in [6.07, 6.45) is -0.657. The van der Waals surface area contributed by atoms with E-state index < -0.39 is 12.1 Å². The maximum absolute atomic E-state index is 12.4. The van der Waals surface area contributed by atoms with Gasteiger partial charge in [0.2, 0.25) is 0 Å². The number of thiophene rings is 1. The Balaban J connectivity index is 1.83. The van der Waals surface area contributed by atoms with Gasteiger partial charge in [0.1, 0.15) is 4.83 Å². The second kappa shape index (κ2) is 6.92. The van der Waals surface area contributed by atoms with Crippen molar-refractivity contribution in [1.82, 2.24) is 9.97 Å². The number of fused-ring (bicyclic) bond motifs is 1. The number of benzene rings is 1. The molecule has 0 aliphatic heterocycles. The highest BCUT2D eigenvalue weighted by Crippen LogP contribution is 2.27. The van der Waals surface area contributed by atoms with Crippen LogP contribution in [-0.4, -0.2) is 30.0 Å². The van der Waals surface area contributed by atoms with Crippen LogP contribution in [0.2, 0.25) is 0 Å². The number of carbonyl (C=O) groups is 1. The van der Waals surface area contributed by atoms with E-state index in [-0.39, 0.29) is 5.56 Å². The van der Waals surface area contributed by atoms with Gasteiger partial charge in [0.15, 0.2) is 11.9 Å². The molecule has 0 saturated carbocycles. The van der Waals surface area contributed by atoms with E-state index in [1.165, 1.54) is 11.3 Å². The minimum absolute atomic E-state index is 0.204. The first-order valence-electron chi connectivity index (χ1n) is 8.26. The lowest BCUT2D eigenvalue weighted by atomic mass is 10.2. The zero-order valence-electron chi connectivity index (χ0n) is 15.4. The Morgan fingerprint density at radius 3 is 2.50 bits per heavy atom. The Hall–Kier alpha value is -2.67. The summed E-state index contributed by atoms with van der Waals surface area (Å²) < 4.78 is 5.48. The molecular weight excluding hydrogens is 350 g/mol. The lowest BCUT2D eigenvalue weighted by molar-refractivity contribution is 0.0320. The highest BCUT2D eigenvalue weighted by atomic mass is 32.1. The van der Waals surface area contributed by atoms with E-state index in [0.29, 0.717) is 21.6 Å². The number of aromatic nitrogens is 2. The highest BCUT2D eigenvalue weighted by Gasteiger charge is 2.19. The molecule has 0 fully saturated rings. The van der Waals surface area contributed by atoms with Crippen LogP contribution < -0.4 is 10.5 Å². The third-order valence-corrected chi connectivity index (χ3v) is 5.45. The number of nitrogens with zero attached hydrogens (tertiary/aromatic N) is 2. The minimum Gasteiger partial charge on any atom is -0.451 e. The van der Waals surface area contributed by atoms with Crippen molar-refractivity contribution in [2.75, 3.05) is 19.0 Å². The van der Waals surface area contributed by atoms with Crippen LogP contribution in [0.15, 0.2) is 29.1 Å². The SMILES string of the molecule is Cc1sc2nc([C@@H](C)OC(=O)c3ccc(N(C)C)cc3)[nH]c(=O)c2c1C. The summed E-state index contributed by atoms with van der Waals surface area (Å²) in [5.74, 6) is -0.105. The van der Waals surface area contributed by atoms with Crippen molar-refractivity contribution in [3.8, 4) is 0 Å². The van der Waals surface area contributed by atoms with E-state index in [1.54, 1.807) is 19.1 Å². The molecule has 1 atom stereocenters. The van der Waals surface area contributed by atoms with Crippen molar-refractivity contribution in [2.24, 2.45) is 0 Å². The predicted molar refractivity (Wildman–Crippen MR) is 104 cm³/mol. The summed E-state index contributed by atoms with van der Waals surface area (Å²) >= 11 is 1.47. The van der Waals surface area contributed by atoms with E-state index >= 15 is 0 Å². The molecule has 0 amide bonds. The maximum Gasteiger partial charge on any atom is 0.338 e. The zero-order chi connectivity index (χ0) is 19.0. The molecule has 1 N–H and O–H groups in total. The summed E-state index contributed by atoms with van der Waals surface area (Å²) in [5, 5.41) is 0.606. The van der Waals surface area contributed by atoms with Crippen molar-refractivity contribution >= 4 is 33.2 Å². The topological polar surface area (TPSA) is 75.3 Å². The Kier molecular flexibility index (Phi) is 4.82. The molecule has 136 valence electrons. The molecule has 0 aliphatic rings. The number of rotatable bonds is 4. The molecule has 7 heteroatoms. The van der Waals surface area contributed by atoms with Gasteiger partial charge in [-0.1, -0.05) is 0 Å². The van der Waals surface area contributed by atoms with Crippen LogP contribution in [0.25, 0.3) is 10.2 Å². The molecule has 0 bridgehead atoms. The number of aromatic amines is 1. The number of anilines is 1. The van der Waals surface area contributed by atoms with Gasteiger partial charge in [0.05, 0.1) is 10.9 Å². The average molecular weight is 371 g/mol. The van der Waals surface area contributed by atoms with E-state index in [0.717, 1.165) is 16.1 Å². The van der Waals surface area contributed by atoms with Gasteiger partial charge in [-0.2, -0.15) is 0 Å². The number of aryl methyl sites for hydroxylation is 2. The van der Waals surface area contributed by atoms with Gasteiger partial charge in [-0.25, -0.2) is 9.78 Å². The summed E-state index contributed by atoms with van der Waals surface area (Å²) in [6, 6.07) is 7.14. The molecule has 0 radical (unpaired) electrons. The van der Waals surface area contributed by atoms with Crippen LogP contribution in [0.5, 0.6) is 0 Å². The minimum atomic E-state index is -0.657. The zero-order valence-corrected chi connectivity index (χ0v) is 16.2. The van der Waals surface area contributed by atoms with Crippen molar-refractivity contribution in [3.05, 3.63) is 56.4 Å². The molecule has 3 rings (SSSR count).